The van der Waals surface area contributed by atoms with Gasteiger partial charge < -0.3 is 5.32 Å². The number of hydrogen-bond donors (Lipinski definition) is 1. The molecule has 1 unspecified atom stereocenters. The van der Waals surface area contributed by atoms with Crippen LogP contribution in [0.2, 0.25) is 0 Å². The van der Waals surface area contributed by atoms with Crippen LogP contribution in [0.25, 0.3) is 0 Å². The Morgan fingerprint density at radius 1 is 0.905 bits per heavy atom. The molecule has 4 nitrogen and oxygen atoms in total. The molecule has 1 N–H and O–H groups in total. The summed E-state index contributed by atoms with van der Waals surface area (Å²) in [5.74, 6) is 0.520. The highest BCUT2D eigenvalue weighted by Gasteiger charge is 2.09. The Kier molecular flexibility index (Phi) is 4.58. The van der Waals surface area contributed by atoms with Crippen LogP contribution in [0.3, 0.4) is 0 Å². The molecular weight excluding hydrogens is 264 g/mol. The molecule has 0 bridgehead atoms. The van der Waals surface area contributed by atoms with Crippen LogP contribution >= 0.6 is 0 Å². The first-order valence-corrected chi connectivity index (χ1v) is 7.08. The van der Waals surface area contributed by atoms with Crippen molar-refractivity contribution in [2.24, 2.45) is 0 Å². The van der Waals surface area contributed by atoms with Gasteiger partial charge in [0.1, 0.15) is 0 Å². The van der Waals surface area contributed by atoms with Gasteiger partial charge in [0.05, 0.1) is 4.92 Å². The standard InChI is InChI=1S/C17H20N2O2/c1-12(2)14-4-8-16(9-5-14)18-13(3)15-6-10-17(11-7-15)19(20)21/h4-13,18H,1-3H3. The third-order valence-corrected chi connectivity index (χ3v) is 3.56. The van der Waals surface area contributed by atoms with Gasteiger partial charge in [0, 0.05) is 23.9 Å². The average Bonchev–Trinajstić information content (AvgIpc) is 2.47. The maximum atomic E-state index is 10.6. The summed E-state index contributed by atoms with van der Waals surface area (Å²) in [5.41, 5.74) is 3.49. The fraction of sp³-hybridized carbons (Fsp3) is 0.294. The summed E-state index contributed by atoms with van der Waals surface area (Å²) in [4.78, 5) is 10.3. The fourth-order valence-electron chi connectivity index (χ4n) is 2.18. The van der Waals surface area contributed by atoms with E-state index in [1.165, 1.54) is 17.7 Å². The Morgan fingerprint density at radius 2 is 1.43 bits per heavy atom. The van der Waals surface area contributed by atoms with Crippen LogP contribution in [0.4, 0.5) is 11.4 Å². The topological polar surface area (TPSA) is 55.2 Å². The van der Waals surface area contributed by atoms with Gasteiger partial charge in [0.25, 0.3) is 5.69 Å². The zero-order valence-electron chi connectivity index (χ0n) is 12.5. The van der Waals surface area contributed by atoms with Crippen LogP contribution in [-0.4, -0.2) is 4.92 Å². The smallest absolute Gasteiger partial charge is 0.269 e. The second kappa shape index (κ2) is 6.39. The third kappa shape index (κ3) is 3.81. The molecule has 0 heterocycles. The molecule has 0 aliphatic rings. The number of rotatable bonds is 5. The normalized spacial score (nSPS) is 12.2. The molecule has 0 amide bonds. The van der Waals surface area contributed by atoms with Gasteiger partial charge in [-0.1, -0.05) is 38.1 Å². The molecule has 0 saturated heterocycles. The number of non-ortho nitro benzene ring substituents is 1. The van der Waals surface area contributed by atoms with Crippen molar-refractivity contribution in [3.8, 4) is 0 Å². The van der Waals surface area contributed by atoms with Crippen LogP contribution in [0, 0.1) is 10.1 Å². The number of benzene rings is 2. The van der Waals surface area contributed by atoms with E-state index >= 15 is 0 Å². The van der Waals surface area contributed by atoms with Gasteiger partial charge in [-0.15, -0.1) is 0 Å². The van der Waals surface area contributed by atoms with Gasteiger partial charge in [-0.05, 0) is 36.1 Å². The summed E-state index contributed by atoms with van der Waals surface area (Å²) >= 11 is 0. The van der Waals surface area contributed by atoms with E-state index in [0.29, 0.717) is 5.92 Å². The second-order valence-electron chi connectivity index (χ2n) is 5.49. The van der Waals surface area contributed by atoms with E-state index < -0.39 is 0 Å². The lowest BCUT2D eigenvalue weighted by atomic mass is 10.0. The summed E-state index contributed by atoms with van der Waals surface area (Å²) in [5, 5.41) is 14.1. The number of nitro benzene ring substituents is 1. The van der Waals surface area contributed by atoms with Crippen molar-refractivity contribution in [1.29, 1.82) is 0 Å². The summed E-state index contributed by atoms with van der Waals surface area (Å²) in [7, 11) is 0. The van der Waals surface area contributed by atoms with Crippen LogP contribution in [0.1, 0.15) is 43.9 Å². The van der Waals surface area contributed by atoms with Gasteiger partial charge in [-0.25, -0.2) is 0 Å². The molecule has 21 heavy (non-hydrogen) atoms. The minimum Gasteiger partial charge on any atom is -0.379 e. The fourth-order valence-corrected chi connectivity index (χ4v) is 2.18. The van der Waals surface area contributed by atoms with Crippen LogP contribution in [-0.2, 0) is 0 Å². The van der Waals surface area contributed by atoms with Gasteiger partial charge >= 0.3 is 0 Å². The maximum absolute atomic E-state index is 10.6. The van der Waals surface area contributed by atoms with Gasteiger partial charge in [0.15, 0.2) is 0 Å². The highest BCUT2D eigenvalue weighted by Crippen LogP contribution is 2.23. The van der Waals surface area contributed by atoms with Crippen molar-refractivity contribution >= 4 is 11.4 Å². The van der Waals surface area contributed by atoms with Crippen LogP contribution in [0.5, 0.6) is 0 Å². The lowest BCUT2D eigenvalue weighted by Gasteiger charge is -2.16. The monoisotopic (exact) mass is 284 g/mol. The number of hydrogen-bond acceptors (Lipinski definition) is 3. The number of nitro groups is 1. The summed E-state index contributed by atoms with van der Waals surface area (Å²) in [6, 6.07) is 15.1. The molecule has 0 saturated carbocycles. The summed E-state index contributed by atoms with van der Waals surface area (Å²) < 4.78 is 0. The quantitative estimate of drug-likeness (QED) is 0.628. The van der Waals surface area contributed by atoms with Crippen LogP contribution in [0.15, 0.2) is 48.5 Å². The van der Waals surface area contributed by atoms with E-state index in [0.717, 1.165) is 11.3 Å². The Hall–Kier alpha value is -2.36. The summed E-state index contributed by atoms with van der Waals surface area (Å²) in [6.07, 6.45) is 0. The molecule has 2 aromatic carbocycles. The zero-order valence-corrected chi connectivity index (χ0v) is 12.5. The van der Waals surface area contributed by atoms with Crippen molar-refractivity contribution in [2.75, 3.05) is 5.32 Å². The third-order valence-electron chi connectivity index (χ3n) is 3.56. The Labute approximate surface area is 125 Å². The number of nitrogens with zero attached hydrogens (tertiary/aromatic N) is 1. The number of nitrogens with one attached hydrogen (secondary N) is 1. The summed E-state index contributed by atoms with van der Waals surface area (Å²) in [6.45, 7) is 6.38. The van der Waals surface area contributed by atoms with Crippen molar-refractivity contribution in [2.45, 2.75) is 32.7 Å². The zero-order chi connectivity index (χ0) is 15.4. The van der Waals surface area contributed by atoms with Crippen molar-refractivity contribution in [3.63, 3.8) is 0 Å². The molecule has 2 aromatic rings. The minimum atomic E-state index is -0.382. The predicted octanol–water partition coefficient (Wildman–Crippen LogP) is 4.89. The van der Waals surface area contributed by atoms with Crippen LogP contribution < -0.4 is 5.32 Å². The largest absolute Gasteiger partial charge is 0.379 e. The number of anilines is 1. The predicted molar refractivity (Wildman–Crippen MR) is 85.7 cm³/mol. The SMILES string of the molecule is CC(C)c1ccc(NC(C)c2ccc([N+](=O)[O-])cc2)cc1. The van der Waals surface area contributed by atoms with E-state index in [1.54, 1.807) is 12.1 Å². The average molecular weight is 284 g/mol. The van der Waals surface area contributed by atoms with E-state index in [1.807, 2.05) is 6.92 Å². The lowest BCUT2D eigenvalue weighted by Crippen LogP contribution is -2.06. The molecule has 2 rings (SSSR count). The van der Waals surface area contributed by atoms with Gasteiger partial charge in [0.2, 0.25) is 0 Å². The molecule has 1 atom stereocenters. The molecule has 0 radical (unpaired) electrons. The molecule has 0 aliphatic carbocycles. The highest BCUT2D eigenvalue weighted by molar-refractivity contribution is 5.47. The van der Waals surface area contributed by atoms with Crippen molar-refractivity contribution in [1.82, 2.24) is 0 Å². The lowest BCUT2D eigenvalue weighted by molar-refractivity contribution is -0.384. The molecule has 0 aromatic heterocycles. The van der Waals surface area contributed by atoms with E-state index in [2.05, 4.69) is 43.4 Å². The first-order valence-electron chi connectivity index (χ1n) is 7.08. The Bertz CT molecular complexity index is 604. The van der Waals surface area contributed by atoms with E-state index in [4.69, 9.17) is 0 Å². The highest BCUT2D eigenvalue weighted by atomic mass is 16.6. The Morgan fingerprint density at radius 3 is 1.90 bits per heavy atom. The molecule has 4 heteroatoms. The van der Waals surface area contributed by atoms with E-state index in [-0.39, 0.29) is 16.7 Å². The minimum absolute atomic E-state index is 0.0932. The Balaban J connectivity index is 2.06. The molecule has 0 aliphatic heterocycles. The first kappa shape index (κ1) is 15.0. The molecule has 0 fully saturated rings. The van der Waals surface area contributed by atoms with Crippen molar-refractivity contribution < 1.29 is 4.92 Å². The van der Waals surface area contributed by atoms with Gasteiger partial charge in [-0.3, -0.25) is 10.1 Å². The second-order valence-corrected chi connectivity index (χ2v) is 5.49. The first-order chi connectivity index (χ1) is 9.97. The van der Waals surface area contributed by atoms with Gasteiger partial charge in [-0.2, -0.15) is 0 Å². The molecular formula is C17H20N2O2. The van der Waals surface area contributed by atoms with Crippen molar-refractivity contribution in [3.05, 3.63) is 69.8 Å². The molecule has 0 spiro atoms. The van der Waals surface area contributed by atoms with E-state index in [9.17, 15) is 10.1 Å². The maximum Gasteiger partial charge on any atom is 0.269 e. The molecule has 110 valence electrons.